The molecule has 9 nitrogen and oxygen atoms in total. The van der Waals surface area contributed by atoms with Gasteiger partial charge in [0.2, 0.25) is 0 Å². The molecule has 3 aromatic rings. The number of hydrogen-bond donors (Lipinski definition) is 3. The third-order valence-corrected chi connectivity index (χ3v) is 7.37. The van der Waals surface area contributed by atoms with E-state index in [0.717, 1.165) is 49.6 Å². The first-order valence-electron chi connectivity index (χ1n) is 10.8. The molecule has 1 fully saturated rings. The highest BCUT2D eigenvalue weighted by molar-refractivity contribution is 7.21. The topological polar surface area (TPSA) is 132 Å². The third-order valence-electron chi connectivity index (χ3n) is 6.29. The Kier molecular flexibility index (Phi) is 5.44. The quantitative estimate of drug-likeness (QED) is 0.540. The number of nitrogens with zero attached hydrogens (tertiary/aromatic N) is 4. The van der Waals surface area contributed by atoms with E-state index in [4.69, 9.17) is 21.2 Å². The Labute approximate surface area is 190 Å². The number of anilines is 2. The van der Waals surface area contributed by atoms with E-state index >= 15 is 0 Å². The molecule has 32 heavy (non-hydrogen) atoms. The van der Waals surface area contributed by atoms with Crippen molar-refractivity contribution < 1.29 is 9.53 Å². The fourth-order valence-corrected chi connectivity index (χ4v) is 5.52. The van der Waals surface area contributed by atoms with Crippen molar-refractivity contribution in [3.05, 3.63) is 40.2 Å². The van der Waals surface area contributed by atoms with Crippen LogP contribution in [-0.4, -0.2) is 59.2 Å². The van der Waals surface area contributed by atoms with E-state index < -0.39 is 0 Å². The van der Waals surface area contributed by atoms with E-state index in [2.05, 4.69) is 26.3 Å². The standard InChI is InChI=1S/C22H27N7O2S/c1-11-8-25-19-18(24)20(32-22(19)26-11)21(30)27-13-4-5-15-12(7-13)3-6-17(28-15)29-9-14(23)16(10-29)31-2/h3,6,8,13-14,16H,4-5,7,9-10,23-24H2,1-2H3,(H,27,30)/t13-,14+,16+/m1/s1. The number of nitrogens with two attached hydrogens (primary N) is 2. The van der Waals surface area contributed by atoms with Crippen LogP contribution >= 0.6 is 11.3 Å². The predicted molar refractivity (Wildman–Crippen MR) is 125 cm³/mol. The summed E-state index contributed by atoms with van der Waals surface area (Å²) in [5.74, 6) is 0.772. The van der Waals surface area contributed by atoms with Crippen LogP contribution in [0.15, 0.2) is 18.3 Å². The van der Waals surface area contributed by atoms with Crippen LogP contribution in [0.5, 0.6) is 0 Å². The Hall–Kier alpha value is -2.82. The highest BCUT2D eigenvalue weighted by Gasteiger charge is 2.32. The number of carbonyl (C=O) groups excluding carboxylic acids is 1. The second-order valence-corrected chi connectivity index (χ2v) is 9.54. The minimum absolute atomic E-state index is 0.00641. The Bertz CT molecular complexity index is 1180. The van der Waals surface area contributed by atoms with Gasteiger partial charge >= 0.3 is 0 Å². The van der Waals surface area contributed by atoms with Gasteiger partial charge in [-0.3, -0.25) is 4.79 Å². The molecule has 3 aromatic heterocycles. The summed E-state index contributed by atoms with van der Waals surface area (Å²) < 4.78 is 5.46. The van der Waals surface area contributed by atoms with E-state index in [1.807, 2.05) is 13.0 Å². The van der Waals surface area contributed by atoms with Crippen molar-refractivity contribution in [1.82, 2.24) is 20.3 Å². The first-order chi connectivity index (χ1) is 15.4. The molecular weight excluding hydrogens is 426 g/mol. The van der Waals surface area contributed by atoms with Crippen LogP contribution in [0.4, 0.5) is 11.5 Å². The molecule has 0 radical (unpaired) electrons. The molecule has 1 saturated heterocycles. The monoisotopic (exact) mass is 453 g/mol. The highest BCUT2D eigenvalue weighted by atomic mass is 32.1. The van der Waals surface area contributed by atoms with Crippen molar-refractivity contribution >= 4 is 39.1 Å². The molecule has 5 N–H and O–H groups in total. The molecule has 10 heteroatoms. The number of aryl methyl sites for hydroxylation is 2. The summed E-state index contributed by atoms with van der Waals surface area (Å²) in [5.41, 5.74) is 16.4. The Morgan fingerprint density at radius 1 is 1.31 bits per heavy atom. The summed E-state index contributed by atoms with van der Waals surface area (Å²) in [6.07, 6.45) is 4.08. The van der Waals surface area contributed by atoms with Gasteiger partial charge in [-0.05, 0) is 37.8 Å². The number of ether oxygens (including phenoxy) is 1. The average molecular weight is 454 g/mol. The normalized spacial score (nSPS) is 22.8. The largest absolute Gasteiger partial charge is 0.396 e. The smallest absolute Gasteiger partial charge is 0.263 e. The maximum atomic E-state index is 12.9. The Balaban J connectivity index is 1.28. The van der Waals surface area contributed by atoms with Crippen molar-refractivity contribution in [2.75, 3.05) is 30.8 Å². The predicted octanol–water partition coefficient (Wildman–Crippen LogP) is 1.43. The van der Waals surface area contributed by atoms with Crippen molar-refractivity contribution in [3.63, 3.8) is 0 Å². The van der Waals surface area contributed by atoms with E-state index in [-0.39, 0.29) is 24.1 Å². The molecule has 3 atom stereocenters. The minimum atomic E-state index is -0.167. The molecule has 0 bridgehead atoms. The van der Waals surface area contributed by atoms with Gasteiger partial charge in [-0.15, -0.1) is 11.3 Å². The number of nitrogens with one attached hydrogen (secondary N) is 1. The highest BCUT2D eigenvalue weighted by Crippen LogP contribution is 2.31. The lowest BCUT2D eigenvalue weighted by molar-refractivity contribution is 0.0938. The molecule has 5 rings (SSSR count). The number of pyridine rings is 1. The maximum absolute atomic E-state index is 12.9. The summed E-state index contributed by atoms with van der Waals surface area (Å²) in [5, 5.41) is 3.15. The molecule has 1 amide bonds. The lowest BCUT2D eigenvalue weighted by atomic mass is 9.91. The van der Waals surface area contributed by atoms with Crippen LogP contribution in [0, 0.1) is 6.92 Å². The van der Waals surface area contributed by atoms with Crippen LogP contribution in [0.25, 0.3) is 10.3 Å². The number of amides is 1. The number of aromatic nitrogens is 3. The molecule has 0 spiro atoms. The Morgan fingerprint density at radius 3 is 2.94 bits per heavy atom. The second kappa shape index (κ2) is 8.27. The van der Waals surface area contributed by atoms with Crippen molar-refractivity contribution in [2.24, 2.45) is 5.73 Å². The number of carbonyl (C=O) groups is 1. The van der Waals surface area contributed by atoms with Crippen LogP contribution < -0.4 is 21.7 Å². The van der Waals surface area contributed by atoms with Crippen LogP contribution in [0.1, 0.15) is 33.0 Å². The van der Waals surface area contributed by atoms with Crippen molar-refractivity contribution in [2.45, 2.75) is 44.4 Å². The molecule has 0 saturated carbocycles. The first kappa shape index (κ1) is 21.0. The van der Waals surface area contributed by atoms with Crippen LogP contribution in [0.3, 0.4) is 0 Å². The van der Waals surface area contributed by atoms with Gasteiger partial charge in [0.25, 0.3) is 5.91 Å². The van der Waals surface area contributed by atoms with Crippen molar-refractivity contribution in [3.8, 4) is 0 Å². The molecular formula is C22H27N7O2S. The van der Waals surface area contributed by atoms with Crippen LogP contribution in [0.2, 0.25) is 0 Å². The molecule has 4 heterocycles. The second-order valence-electron chi connectivity index (χ2n) is 8.54. The molecule has 0 unspecified atom stereocenters. The minimum Gasteiger partial charge on any atom is -0.396 e. The molecule has 2 aliphatic rings. The lowest BCUT2D eigenvalue weighted by Gasteiger charge is -2.26. The van der Waals surface area contributed by atoms with Gasteiger partial charge in [0.1, 0.15) is 21.0 Å². The van der Waals surface area contributed by atoms with E-state index in [9.17, 15) is 4.79 Å². The summed E-state index contributed by atoms with van der Waals surface area (Å²) in [7, 11) is 1.70. The zero-order valence-corrected chi connectivity index (χ0v) is 19.0. The van der Waals surface area contributed by atoms with Gasteiger partial charge in [0.05, 0.1) is 23.5 Å². The number of thiophene rings is 1. The number of rotatable bonds is 4. The third kappa shape index (κ3) is 3.78. The summed E-state index contributed by atoms with van der Waals surface area (Å²) in [4.78, 5) is 29.9. The molecule has 0 aromatic carbocycles. The number of hydrogen-bond acceptors (Lipinski definition) is 9. The Morgan fingerprint density at radius 2 is 2.16 bits per heavy atom. The molecule has 1 aliphatic carbocycles. The summed E-state index contributed by atoms with van der Waals surface area (Å²) >= 11 is 1.29. The average Bonchev–Trinajstić information content (AvgIpc) is 3.32. The first-order valence-corrected chi connectivity index (χ1v) is 11.6. The van der Waals surface area contributed by atoms with Gasteiger partial charge in [0, 0.05) is 38.1 Å². The summed E-state index contributed by atoms with van der Waals surface area (Å²) in [6.45, 7) is 3.36. The van der Waals surface area contributed by atoms with E-state index in [1.54, 1.807) is 13.3 Å². The molecule has 168 valence electrons. The number of nitrogen functional groups attached to an aromatic ring is 1. The van der Waals surface area contributed by atoms with Gasteiger partial charge in [-0.25, -0.2) is 15.0 Å². The van der Waals surface area contributed by atoms with Gasteiger partial charge < -0.3 is 26.4 Å². The van der Waals surface area contributed by atoms with Gasteiger partial charge in [0.15, 0.2) is 0 Å². The van der Waals surface area contributed by atoms with Gasteiger partial charge in [-0.2, -0.15) is 0 Å². The summed E-state index contributed by atoms with van der Waals surface area (Å²) in [6, 6.07) is 4.19. The van der Waals surface area contributed by atoms with Crippen molar-refractivity contribution in [1.29, 1.82) is 0 Å². The molecule has 1 aliphatic heterocycles. The fraction of sp³-hybridized carbons (Fsp3) is 0.455. The van der Waals surface area contributed by atoms with Gasteiger partial charge in [-0.1, -0.05) is 6.07 Å². The zero-order chi connectivity index (χ0) is 22.4. The van der Waals surface area contributed by atoms with E-state index in [0.29, 0.717) is 20.9 Å². The number of fused-ring (bicyclic) bond motifs is 2. The zero-order valence-electron chi connectivity index (χ0n) is 18.2. The SMILES string of the molecule is CO[C@H]1CN(c2ccc3c(n2)CC[C@@H](NC(=O)c2sc4nc(C)cnc4c2N)C3)C[C@@H]1N. The van der Waals surface area contributed by atoms with E-state index in [1.165, 1.54) is 16.9 Å². The van der Waals surface area contributed by atoms with Crippen LogP contribution in [-0.2, 0) is 17.6 Å². The fourth-order valence-electron chi connectivity index (χ4n) is 4.52. The maximum Gasteiger partial charge on any atom is 0.263 e. The number of methoxy groups -OCH3 is 1. The lowest BCUT2D eigenvalue weighted by Crippen LogP contribution is -2.39.